The zero-order valence-electron chi connectivity index (χ0n) is 59.0. The van der Waals surface area contributed by atoms with Crippen molar-refractivity contribution in [1.29, 1.82) is 0 Å². The smallest absolute Gasteiger partial charge is 0.305 e. The van der Waals surface area contributed by atoms with Crippen molar-refractivity contribution >= 4 is 95.3 Å². The highest BCUT2D eigenvalue weighted by Gasteiger charge is 2.61. The van der Waals surface area contributed by atoms with E-state index in [1.165, 1.54) is 7.11 Å². The molecule has 0 aliphatic carbocycles. The second-order valence-electron chi connectivity index (χ2n) is 23.5. The molecule has 572 valence electrons. The number of hydrogen-bond donors (Lipinski definition) is 0. The number of rotatable bonds is 38. The van der Waals surface area contributed by atoms with E-state index < -0.39 is 227 Å². The van der Waals surface area contributed by atoms with Gasteiger partial charge < -0.3 is 104 Å². The van der Waals surface area contributed by atoms with E-state index in [9.17, 15) is 67.1 Å². The van der Waals surface area contributed by atoms with Crippen LogP contribution in [0, 0.1) is 0 Å². The maximum atomic E-state index is 13.5. The Morgan fingerprint density at radius 3 is 0.881 bits per heavy atom. The van der Waals surface area contributed by atoms with Gasteiger partial charge in [0.25, 0.3) is 0 Å². The van der Waals surface area contributed by atoms with Gasteiger partial charge in [0.1, 0.15) is 56.4 Å². The highest BCUT2D eigenvalue weighted by atomic mass is 32.2. The summed E-state index contributed by atoms with van der Waals surface area (Å²) >= 11 is 1.56. The number of hydrogen-bond acceptors (Lipinski definition) is 37. The molecular weight excluding hydrogens is 1380 g/mol. The van der Waals surface area contributed by atoms with Crippen LogP contribution in [-0.4, -0.2) is 258 Å². The van der Waals surface area contributed by atoms with Crippen molar-refractivity contribution in [3.63, 3.8) is 0 Å². The lowest BCUT2D eigenvalue weighted by Gasteiger charge is -2.50. The maximum absolute atomic E-state index is 13.5. The van der Waals surface area contributed by atoms with Crippen molar-refractivity contribution in [3.05, 3.63) is 0 Å². The third-order valence-electron chi connectivity index (χ3n) is 14.9. The average Bonchev–Trinajstić information content (AvgIpc) is 0.771. The van der Waals surface area contributed by atoms with E-state index >= 15 is 0 Å². The predicted molar refractivity (Wildman–Crippen MR) is 333 cm³/mol. The Morgan fingerprint density at radius 1 is 0.277 bits per heavy atom. The third-order valence-corrected chi connectivity index (χ3v) is 15.9. The molecule has 0 aromatic carbocycles. The lowest BCUT2D eigenvalue weighted by Crippen LogP contribution is -2.69. The van der Waals surface area contributed by atoms with Gasteiger partial charge in [0, 0.05) is 102 Å². The normalized spacial score (nSPS) is 29.1. The minimum Gasteiger partial charge on any atom is -0.469 e. The summed E-state index contributed by atoms with van der Waals surface area (Å²) in [4.78, 5) is 179. The van der Waals surface area contributed by atoms with Crippen molar-refractivity contribution in [3.8, 4) is 0 Å². The Hall–Kier alpha value is -7.39. The first-order valence-corrected chi connectivity index (χ1v) is 33.8. The summed E-state index contributed by atoms with van der Waals surface area (Å²) in [6.07, 6.45) is -29.3. The van der Waals surface area contributed by atoms with Crippen LogP contribution in [0.1, 0.15) is 148 Å². The Labute approximate surface area is 587 Å². The molecule has 0 spiro atoms. The van der Waals surface area contributed by atoms with Crippen molar-refractivity contribution < 1.29 is 171 Å². The van der Waals surface area contributed by atoms with Crippen LogP contribution >= 0.6 is 11.8 Å². The maximum Gasteiger partial charge on any atom is 0.305 e. The first kappa shape index (κ1) is 86.0. The fraction of sp³-hybridized carbons (Fsp3) is 0.781. The third kappa shape index (κ3) is 29.8. The van der Waals surface area contributed by atoms with Crippen LogP contribution in [0.2, 0.25) is 0 Å². The zero-order chi connectivity index (χ0) is 75.2. The molecule has 20 atom stereocenters. The highest BCUT2D eigenvalue weighted by molar-refractivity contribution is 7.99. The summed E-state index contributed by atoms with van der Waals surface area (Å²) in [5, 5.41) is 0. The van der Waals surface area contributed by atoms with Gasteiger partial charge in [-0.1, -0.05) is 38.5 Å². The number of esters is 14. The summed E-state index contributed by atoms with van der Waals surface area (Å²) in [5.41, 5.74) is 0. The Morgan fingerprint density at radius 2 is 0.545 bits per heavy atom. The van der Waals surface area contributed by atoms with E-state index in [0.717, 1.165) is 147 Å². The Kier molecular flexibility index (Phi) is 37.1. The van der Waals surface area contributed by atoms with E-state index in [2.05, 4.69) is 4.74 Å². The van der Waals surface area contributed by atoms with E-state index in [0.29, 0.717) is 12.2 Å². The van der Waals surface area contributed by atoms with Gasteiger partial charge in [0.2, 0.25) is 0 Å². The van der Waals surface area contributed by atoms with E-state index in [1.807, 2.05) is 0 Å². The molecular formula is C64H94O36S. The molecule has 0 saturated carbocycles. The molecule has 0 unspecified atom stereocenters. The second kappa shape index (κ2) is 43.5. The molecule has 0 bridgehead atoms. The van der Waals surface area contributed by atoms with Crippen LogP contribution in [0.15, 0.2) is 0 Å². The summed E-state index contributed by atoms with van der Waals surface area (Å²) in [6, 6.07) is 0. The number of methoxy groups -OCH3 is 1. The van der Waals surface area contributed by atoms with Crippen LogP contribution in [-0.2, 0) is 171 Å². The zero-order valence-corrected chi connectivity index (χ0v) is 59.8. The standard InChI is InChI=1S/C64H94O36S/c1-31(65)81-27-44-49(85-34(4)68)53(87-36(6)70)58(92-41(11)75)62(96-44)84-30-47-50(86-35(5)69)54(88-37(7)71)59(93-42(12)76)63(98-47)100-52-46(29-83-33(3)67)97-64(60(94-43(13)77)56(52)90-39(9)73)99-51-45(28-82-32(2)66)95-61(57(91-40(10)74)55(51)89-38(8)72)80-24-26-101-25-22-20-18-16-15-17-19-21-23-48(78)79-14/h44-47,49-64H,15-30H2,1-14H3/t44-,45-,46-,47-,49-,50-,51-,52-,53+,54+,55+,56+,57-,58-,59-,60-,61-,62+,63-,64-/m1/s1. The van der Waals surface area contributed by atoms with E-state index in [1.54, 1.807) is 11.8 Å². The van der Waals surface area contributed by atoms with Crippen molar-refractivity contribution in [2.24, 2.45) is 0 Å². The SMILES string of the molecule is COC(=O)CCCCCCCCCCSCCO[C@@H]1O[C@H](COC(C)=O)[C@@H](O[C@H]2O[C@H](COC(C)=O)[C@@H](O[C@H]3O[C@H](CO[C@H]4O[C@H](COC(C)=O)[C@@H](OC(C)=O)[C@H](OC(C)=O)[C@H]4OC(C)=O)[C@@H](OC(C)=O)[C@H](OC(C)=O)[C@H]3OC(C)=O)[C@H](OC(C)=O)[C@H]2OC(C)=O)[C@H](OC(C)=O)[C@H]1OC(C)=O. The summed E-state index contributed by atoms with van der Waals surface area (Å²) in [6.45, 7) is 9.40. The fourth-order valence-corrected chi connectivity index (χ4v) is 12.0. The first-order chi connectivity index (χ1) is 47.7. The predicted octanol–water partition coefficient (Wildman–Crippen LogP) is 2.11. The molecule has 4 saturated heterocycles. The fourth-order valence-electron chi connectivity index (χ4n) is 11.2. The van der Waals surface area contributed by atoms with Crippen molar-refractivity contribution in [1.82, 2.24) is 0 Å². The van der Waals surface area contributed by atoms with E-state index in [-0.39, 0.29) is 12.6 Å². The quantitative estimate of drug-likeness (QED) is 0.0485. The lowest BCUT2D eigenvalue weighted by atomic mass is 9.95. The van der Waals surface area contributed by atoms with Crippen LogP contribution in [0.4, 0.5) is 0 Å². The van der Waals surface area contributed by atoms with Crippen LogP contribution < -0.4 is 0 Å². The number of unbranched alkanes of at least 4 members (excludes halogenated alkanes) is 7. The van der Waals surface area contributed by atoms with Gasteiger partial charge in [-0.25, -0.2) is 0 Å². The van der Waals surface area contributed by atoms with Gasteiger partial charge in [-0.2, -0.15) is 11.8 Å². The lowest BCUT2D eigenvalue weighted by molar-refractivity contribution is -0.382. The summed E-state index contributed by atoms with van der Waals surface area (Å²) in [5.74, 6) is -12.1. The van der Waals surface area contributed by atoms with Crippen LogP contribution in [0.5, 0.6) is 0 Å². The van der Waals surface area contributed by atoms with Gasteiger partial charge in [-0.15, -0.1) is 0 Å². The highest BCUT2D eigenvalue weighted by Crippen LogP contribution is 2.39. The number of thioether (sulfide) groups is 1. The molecule has 37 heteroatoms. The largest absolute Gasteiger partial charge is 0.469 e. The summed E-state index contributed by atoms with van der Waals surface area (Å²) in [7, 11) is 1.37. The summed E-state index contributed by atoms with van der Waals surface area (Å²) < 4.78 is 129. The molecule has 4 rings (SSSR count). The van der Waals surface area contributed by atoms with Gasteiger partial charge in [0.05, 0.1) is 20.3 Å². The molecule has 36 nitrogen and oxygen atoms in total. The monoisotopic (exact) mass is 1470 g/mol. The average molecular weight is 1470 g/mol. The molecule has 0 N–H and O–H groups in total. The van der Waals surface area contributed by atoms with Gasteiger partial charge in [-0.3, -0.25) is 67.1 Å². The molecule has 0 amide bonds. The van der Waals surface area contributed by atoms with Gasteiger partial charge in [0.15, 0.2) is 86.2 Å². The molecule has 4 aliphatic rings. The van der Waals surface area contributed by atoms with Crippen LogP contribution in [0.25, 0.3) is 0 Å². The molecule has 0 aromatic heterocycles. The molecule has 101 heavy (non-hydrogen) atoms. The first-order valence-electron chi connectivity index (χ1n) is 32.6. The van der Waals surface area contributed by atoms with Crippen molar-refractivity contribution in [2.75, 3.05) is 51.6 Å². The topological polar surface area (TPSA) is 442 Å². The molecule has 0 aromatic rings. The minimum absolute atomic E-state index is 0.0218. The number of ether oxygens (including phenoxy) is 22. The number of carbonyl (C=O) groups excluding carboxylic acids is 14. The second-order valence-corrected chi connectivity index (χ2v) is 24.7. The number of carbonyl (C=O) groups is 14. The van der Waals surface area contributed by atoms with E-state index in [4.69, 9.17) is 99.5 Å². The minimum atomic E-state index is -2.22. The Bertz CT molecular complexity index is 2800. The molecule has 4 heterocycles. The van der Waals surface area contributed by atoms with Gasteiger partial charge in [-0.05, 0) is 18.6 Å². The van der Waals surface area contributed by atoms with Crippen LogP contribution in [0.3, 0.4) is 0 Å². The van der Waals surface area contributed by atoms with Crippen molar-refractivity contribution in [2.45, 2.75) is 271 Å². The molecule has 0 radical (unpaired) electrons. The van der Waals surface area contributed by atoms with Gasteiger partial charge >= 0.3 is 83.6 Å². The molecule has 4 fully saturated rings. The molecule has 4 aliphatic heterocycles. The Balaban J connectivity index is 1.82.